The van der Waals surface area contributed by atoms with Gasteiger partial charge in [0, 0.05) is 17.0 Å². The van der Waals surface area contributed by atoms with Crippen molar-refractivity contribution in [3.05, 3.63) is 75.0 Å². The van der Waals surface area contributed by atoms with E-state index in [4.69, 9.17) is 4.42 Å². The van der Waals surface area contributed by atoms with E-state index in [2.05, 4.69) is 5.32 Å². The zero-order valence-corrected chi connectivity index (χ0v) is 13.9. The van der Waals surface area contributed by atoms with E-state index >= 15 is 0 Å². The molecule has 1 amide bonds. The lowest BCUT2D eigenvalue weighted by Crippen LogP contribution is -2.27. The van der Waals surface area contributed by atoms with E-state index in [0.29, 0.717) is 28.4 Å². The first kappa shape index (κ1) is 17.5. The van der Waals surface area contributed by atoms with Crippen LogP contribution in [-0.4, -0.2) is 10.8 Å². The minimum Gasteiger partial charge on any atom is -0.459 e. The Morgan fingerprint density at radius 1 is 1.23 bits per heavy atom. The van der Waals surface area contributed by atoms with Crippen LogP contribution in [0.25, 0.3) is 11.0 Å². The molecular formula is C18H14F2N2O4. The number of nitro groups is 1. The lowest BCUT2D eigenvalue weighted by Gasteiger charge is -2.13. The Labute approximate surface area is 146 Å². The maximum atomic E-state index is 14.0. The summed E-state index contributed by atoms with van der Waals surface area (Å²) in [5, 5.41) is 13.8. The number of benzene rings is 2. The van der Waals surface area contributed by atoms with Crippen molar-refractivity contribution >= 4 is 22.6 Å². The van der Waals surface area contributed by atoms with Crippen LogP contribution in [0.4, 0.5) is 14.5 Å². The van der Waals surface area contributed by atoms with Gasteiger partial charge in [0.15, 0.2) is 0 Å². The van der Waals surface area contributed by atoms with Gasteiger partial charge < -0.3 is 9.73 Å². The summed E-state index contributed by atoms with van der Waals surface area (Å²) in [5.74, 6) is -1.72. The number of hydrogen-bond acceptors (Lipinski definition) is 4. The molecule has 0 aliphatic rings. The third-order valence-corrected chi connectivity index (χ3v) is 4.08. The van der Waals surface area contributed by atoms with Crippen molar-refractivity contribution in [2.24, 2.45) is 0 Å². The molecule has 1 aromatic heterocycles. The van der Waals surface area contributed by atoms with Crippen LogP contribution < -0.4 is 5.32 Å². The first-order chi connectivity index (χ1) is 12.3. The first-order valence-electron chi connectivity index (χ1n) is 7.71. The van der Waals surface area contributed by atoms with Gasteiger partial charge in [-0.15, -0.1) is 0 Å². The predicted molar refractivity (Wildman–Crippen MR) is 89.8 cm³/mol. The predicted octanol–water partition coefficient (Wildman–Crippen LogP) is 4.42. The quantitative estimate of drug-likeness (QED) is 0.551. The molecule has 0 aliphatic heterocycles. The lowest BCUT2D eigenvalue weighted by atomic mass is 10.1. The fraction of sp³-hybridized carbons (Fsp3) is 0.167. The highest BCUT2D eigenvalue weighted by Crippen LogP contribution is 2.30. The number of amides is 1. The van der Waals surface area contributed by atoms with Gasteiger partial charge in [0.1, 0.15) is 23.0 Å². The number of rotatable bonds is 4. The smallest absolute Gasteiger partial charge is 0.272 e. The highest BCUT2D eigenvalue weighted by Gasteiger charge is 2.22. The maximum Gasteiger partial charge on any atom is 0.272 e. The van der Waals surface area contributed by atoms with E-state index in [0.717, 1.165) is 12.1 Å². The molecule has 2 aromatic carbocycles. The summed E-state index contributed by atoms with van der Waals surface area (Å²) in [4.78, 5) is 22.2. The molecule has 1 N–H and O–H groups in total. The average Bonchev–Trinajstić information content (AvgIpc) is 2.91. The Kier molecular flexibility index (Phi) is 4.41. The van der Waals surface area contributed by atoms with Crippen molar-refractivity contribution in [3.8, 4) is 0 Å². The summed E-state index contributed by atoms with van der Waals surface area (Å²) < 4.78 is 33.0. The lowest BCUT2D eigenvalue weighted by molar-refractivity contribution is -0.385. The molecule has 0 radical (unpaired) electrons. The Morgan fingerprint density at radius 3 is 2.62 bits per heavy atom. The number of nitro benzene ring substituents is 1. The number of non-ortho nitro benzene ring substituents is 1. The monoisotopic (exact) mass is 360 g/mol. The SMILES string of the molecule is Cc1c(C(C)NC(=O)c2ccc([N+](=O)[O-])cc2F)oc2ccc(F)cc12. The zero-order valence-electron chi connectivity index (χ0n) is 13.9. The summed E-state index contributed by atoms with van der Waals surface area (Å²) >= 11 is 0. The summed E-state index contributed by atoms with van der Waals surface area (Å²) in [5.41, 5.74) is 0.377. The molecule has 1 atom stereocenters. The zero-order chi connectivity index (χ0) is 19.0. The van der Waals surface area contributed by atoms with Crippen molar-refractivity contribution < 1.29 is 22.9 Å². The number of aryl methyl sites for hydroxylation is 1. The molecule has 26 heavy (non-hydrogen) atoms. The summed E-state index contributed by atoms with van der Waals surface area (Å²) in [7, 11) is 0. The van der Waals surface area contributed by atoms with Gasteiger partial charge in [-0.2, -0.15) is 0 Å². The van der Waals surface area contributed by atoms with Crippen molar-refractivity contribution in [1.82, 2.24) is 5.32 Å². The number of furan rings is 1. The fourth-order valence-corrected chi connectivity index (χ4v) is 2.77. The second-order valence-corrected chi connectivity index (χ2v) is 5.85. The largest absolute Gasteiger partial charge is 0.459 e. The molecule has 3 aromatic rings. The summed E-state index contributed by atoms with van der Waals surface area (Å²) in [6.45, 7) is 3.37. The van der Waals surface area contributed by atoms with Crippen molar-refractivity contribution in [1.29, 1.82) is 0 Å². The molecule has 0 bridgehead atoms. The normalized spacial score (nSPS) is 12.2. The average molecular weight is 360 g/mol. The minimum absolute atomic E-state index is 0.317. The van der Waals surface area contributed by atoms with E-state index in [-0.39, 0.29) is 5.56 Å². The van der Waals surface area contributed by atoms with Crippen molar-refractivity contribution in [3.63, 3.8) is 0 Å². The molecule has 3 rings (SSSR count). The van der Waals surface area contributed by atoms with Gasteiger partial charge in [-0.05, 0) is 38.1 Å². The van der Waals surface area contributed by atoms with Crippen LogP contribution in [0, 0.1) is 28.7 Å². The first-order valence-corrected chi connectivity index (χ1v) is 7.71. The van der Waals surface area contributed by atoms with Gasteiger partial charge in [0.25, 0.3) is 11.6 Å². The molecule has 1 unspecified atom stereocenters. The van der Waals surface area contributed by atoms with E-state index in [1.54, 1.807) is 13.8 Å². The number of carbonyl (C=O) groups is 1. The highest BCUT2D eigenvalue weighted by molar-refractivity contribution is 5.95. The number of halogens is 2. The second kappa shape index (κ2) is 6.55. The van der Waals surface area contributed by atoms with Crippen LogP contribution in [-0.2, 0) is 0 Å². The maximum absolute atomic E-state index is 14.0. The van der Waals surface area contributed by atoms with Gasteiger partial charge >= 0.3 is 0 Å². The number of nitrogens with one attached hydrogen (secondary N) is 1. The van der Waals surface area contributed by atoms with Crippen LogP contribution >= 0.6 is 0 Å². The van der Waals surface area contributed by atoms with Gasteiger partial charge in [0.2, 0.25) is 0 Å². The van der Waals surface area contributed by atoms with Crippen LogP contribution in [0.5, 0.6) is 0 Å². The Morgan fingerprint density at radius 2 is 1.96 bits per heavy atom. The van der Waals surface area contributed by atoms with Crippen molar-refractivity contribution in [2.45, 2.75) is 19.9 Å². The van der Waals surface area contributed by atoms with Gasteiger partial charge in [0.05, 0.1) is 22.6 Å². The Bertz CT molecular complexity index is 1030. The van der Waals surface area contributed by atoms with Crippen LogP contribution in [0.15, 0.2) is 40.8 Å². The number of hydrogen-bond donors (Lipinski definition) is 1. The van der Waals surface area contributed by atoms with Gasteiger partial charge in [-0.25, -0.2) is 8.78 Å². The summed E-state index contributed by atoms with van der Waals surface area (Å²) in [6.07, 6.45) is 0. The molecule has 0 spiro atoms. The van der Waals surface area contributed by atoms with Gasteiger partial charge in [-0.3, -0.25) is 14.9 Å². The van der Waals surface area contributed by atoms with E-state index in [1.165, 1.54) is 18.2 Å². The molecule has 0 saturated carbocycles. The minimum atomic E-state index is -0.993. The molecule has 134 valence electrons. The van der Waals surface area contributed by atoms with E-state index in [1.807, 2.05) is 0 Å². The second-order valence-electron chi connectivity index (χ2n) is 5.85. The van der Waals surface area contributed by atoms with Crippen molar-refractivity contribution in [2.75, 3.05) is 0 Å². The summed E-state index contributed by atoms with van der Waals surface area (Å²) in [6, 6.07) is 6.27. The highest BCUT2D eigenvalue weighted by atomic mass is 19.1. The van der Waals surface area contributed by atoms with E-state index in [9.17, 15) is 23.7 Å². The number of nitrogens with zero attached hydrogens (tertiary/aromatic N) is 1. The molecule has 0 aliphatic carbocycles. The Hall–Kier alpha value is -3.29. The van der Waals surface area contributed by atoms with Gasteiger partial charge in [-0.1, -0.05) is 0 Å². The molecule has 6 nitrogen and oxygen atoms in total. The van der Waals surface area contributed by atoms with Crippen LogP contribution in [0.2, 0.25) is 0 Å². The fourth-order valence-electron chi connectivity index (χ4n) is 2.77. The molecule has 0 saturated heterocycles. The molecule has 8 heteroatoms. The number of fused-ring (bicyclic) bond motifs is 1. The van der Waals surface area contributed by atoms with E-state index < -0.39 is 34.2 Å². The molecule has 1 heterocycles. The topological polar surface area (TPSA) is 85.4 Å². The Balaban J connectivity index is 1.86. The number of carbonyl (C=O) groups excluding carboxylic acids is 1. The third-order valence-electron chi connectivity index (χ3n) is 4.08. The van der Waals surface area contributed by atoms with Crippen LogP contribution in [0.1, 0.15) is 34.6 Å². The molecule has 0 fully saturated rings. The third kappa shape index (κ3) is 3.13. The molecular weight excluding hydrogens is 346 g/mol. The standard InChI is InChI=1S/C18H14F2N2O4/c1-9-14-7-11(19)3-6-16(14)26-17(9)10(2)21-18(23)13-5-4-12(22(24)25)8-15(13)20/h3-8,10H,1-2H3,(H,21,23). The van der Waals surface area contributed by atoms with Crippen LogP contribution in [0.3, 0.4) is 0 Å².